The van der Waals surface area contributed by atoms with Crippen LogP contribution >= 0.6 is 36.2 Å². The predicted molar refractivity (Wildman–Crippen MR) is 67.7 cm³/mol. The number of nitrogens with zero attached hydrogens (tertiary/aromatic N) is 2. The van der Waals surface area contributed by atoms with Gasteiger partial charge in [-0.1, -0.05) is 0 Å². The summed E-state index contributed by atoms with van der Waals surface area (Å²) >= 11 is 1.58. The molecule has 0 saturated heterocycles. The number of hydrogen-bond acceptors (Lipinski definition) is 4. The van der Waals surface area contributed by atoms with Gasteiger partial charge in [-0.25, -0.2) is 4.98 Å². The lowest BCUT2D eigenvalue weighted by molar-refractivity contribution is 1.04. The van der Waals surface area contributed by atoms with E-state index in [0.717, 1.165) is 16.3 Å². The van der Waals surface area contributed by atoms with Gasteiger partial charge in [0.25, 0.3) is 0 Å². The molecule has 2 aromatic rings. The van der Waals surface area contributed by atoms with Gasteiger partial charge in [-0.2, -0.15) is 0 Å². The van der Waals surface area contributed by atoms with Crippen LogP contribution in [0.5, 0.6) is 0 Å². The average molecular weight is 264 g/mol. The highest BCUT2D eigenvalue weighted by atomic mass is 35.5. The van der Waals surface area contributed by atoms with Crippen molar-refractivity contribution in [3.05, 3.63) is 34.9 Å². The third kappa shape index (κ3) is 3.43. The van der Waals surface area contributed by atoms with E-state index in [1.54, 1.807) is 23.7 Å². The van der Waals surface area contributed by atoms with Gasteiger partial charge >= 0.3 is 0 Å². The number of hydrogen-bond donors (Lipinski definition) is 1. The maximum absolute atomic E-state index is 5.47. The molecule has 0 unspecified atom stereocenters. The highest BCUT2D eigenvalue weighted by Crippen LogP contribution is 2.20. The normalized spacial score (nSPS) is 8.87. The number of pyridine rings is 1. The Morgan fingerprint density at radius 3 is 2.67 bits per heavy atom. The van der Waals surface area contributed by atoms with Crippen LogP contribution in [0.2, 0.25) is 0 Å². The van der Waals surface area contributed by atoms with Crippen LogP contribution in [0.25, 0.3) is 11.3 Å². The van der Waals surface area contributed by atoms with Gasteiger partial charge in [-0.3, -0.25) is 4.98 Å². The number of thiazole rings is 1. The van der Waals surface area contributed by atoms with Crippen molar-refractivity contribution < 1.29 is 0 Å². The van der Waals surface area contributed by atoms with Gasteiger partial charge in [0.05, 0.1) is 5.69 Å². The van der Waals surface area contributed by atoms with Crippen molar-refractivity contribution in [2.24, 2.45) is 5.73 Å². The van der Waals surface area contributed by atoms with Crippen LogP contribution in [0.15, 0.2) is 29.9 Å². The summed E-state index contributed by atoms with van der Waals surface area (Å²) < 4.78 is 0. The summed E-state index contributed by atoms with van der Waals surface area (Å²) in [5.74, 6) is 0. The first-order valence-corrected chi connectivity index (χ1v) is 4.83. The molecule has 0 fully saturated rings. The van der Waals surface area contributed by atoms with E-state index in [9.17, 15) is 0 Å². The summed E-state index contributed by atoms with van der Waals surface area (Å²) in [6.45, 7) is 0.505. The summed E-state index contributed by atoms with van der Waals surface area (Å²) in [7, 11) is 0. The largest absolute Gasteiger partial charge is 0.325 e. The van der Waals surface area contributed by atoms with E-state index in [1.807, 2.05) is 17.5 Å². The smallest absolute Gasteiger partial charge is 0.107 e. The number of aromatic nitrogens is 2. The lowest BCUT2D eigenvalue weighted by Crippen LogP contribution is -1.94. The van der Waals surface area contributed by atoms with E-state index >= 15 is 0 Å². The predicted octanol–water partition coefficient (Wildman–Crippen LogP) is 2.51. The summed E-state index contributed by atoms with van der Waals surface area (Å²) in [4.78, 5) is 8.38. The van der Waals surface area contributed by atoms with Crippen LogP contribution in [-0.4, -0.2) is 9.97 Å². The maximum atomic E-state index is 5.47. The second kappa shape index (κ2) is 6.74. The lowest BCUT2D eigenvalue weighted by atomic mass is 10.2. The van der Waals surface area contributed by atoms with Gasteiger partial charge in [0, 0.05) is 29.9 Å². The molecule has 6 heteroatoms. The van der Waals surface area contributed by atoms with Crippen LogP contribution < -0.4 is 5.73 Å². The second-order valence-electron chi connectivity index (χ2n) is 2.57. The van der Waals surface area contributed by atoms with E-state index in [-0.39, 0.29) is 24.8 Å². The first kappa shape index (κ1) is 14.3. The zero-order valence-corrected chi connectivity index (χ0v) is 10.2. The van der Waals surface area contributed by atoms with Crippen LogP contribution in [0.3, 0.4) is 0 Å². The minimum atomic E-state index is 0. The molecule has 2 aromatic heterocycles. The summed E-state index contributed by atoms with van der Waals surface area (Å²) in [5, 5.41) is 2.96. The van der Waals surface area contributed by atoms with Crippen molar-refractivity contribution >= 4 is 36.2 Å². The van der Waals surface area contributed by atoms with E-state index in [4.69, 9.17) is 5.73 Å². The molecule has 0 radical (unpaired) electrons. The fourth-order valence-corrected chi connectivity index (χ4v) is 1.74. The Morgan fingerprint density at radius 1 is 1.33 bits per heavy atom. The van der Waals surface area contributed by atoms with E-state index in [2.05, 4.69) is 9.97 Å². The van der Waals surface area contributed by atoms with Gasteiger partial charge in [0.1, 0.15) is 5.01 Å². The molecule has 2 N–H and O–H groups in total. The standard InChI is InChI=1S/C9H9N3S.2ClH/c10-4-9-12-8(6-13-9)7-2-1-3-11-5-7;;/h1-3,5-6H,4,10H2;2*1H. The van der Waals surface area contributed by atoms with Crippen molar-refractivity contribution in [3.63, 3.8) is 0 Å². The highest BCUT2D eigenvalue weighted by molar-refractivity contribution is 7.09. The average Bonchev–Trinajstić information content (AvgIpc) is 2.67. The molecule has 0 aromatic carbocycles. The molecule has 2 rings (SSSR count). The molecule has 0 aliphatic carbocycles. The lowest BCUT2D eigenvalue weighted by Gasteiger charge is -1.92. The van der Waals surface area contributed by atoms with Gasteiger partial charge < -0.3 is 5.73 Å². The SMILES string of the molecule is Cl.Cl.NCc1nc(-c2cccnc2)cs1. The Labute approximate surface area is 105 Å². The first-order valence-electron chi connectivity index (χ1n) is 3.95. The second-order valence-corrected chi connectivity index (χ2v) is 3.51. The van der Waals surface area contributed by atoms with Gasteiger partial charge in [-0.05, 0) is 12.1 Å². The van der Waals surface area contributed by atoms with Gasteiger partial charge in [0.2, 0.25) is 0 Å². The molecule has 0 aliphatic heterocycles. The van der Waals surface area contributed by atoms with Crippen LogP contribution in [0, 0.1) is 0 Å². The van der Waals surface area contributed by atoms with E-state index in [1.165, 1.54) is 0 Å². The molecule has 3 nitrogen and oxygen atoms in total. The van der Waals surface area contributed by atoms with E-state index < -0.39 is 0 Å². The molecular formula is C9H11Cl2N3S. The molecule has 15 heavy (non-hydrogen) atoms. The Balaban J connectivity index is 0.000000980. The number of nitrogens with two attached hydrogens (primary N) is 1. The quantitative estimate of drug-likeness (QED) is 0.906. The molecular weight excluding hydrogens is 253 g/mol. The fourth-order valence-electron chi connectivity index (χ4n) is 1.05. The van der Waals surface area contributed by atoms with Crippen molar-refractivity contribution in [1.29, 1.82) is 0 Å². The number of rotatable bonds is 2. The summed E-state index contributed by atoms with van der Waals surface area (Å²) in [6.07, 6.45) is 3.55. The monoisotopic (exact) mass is 263 g/mol. The highest BCUT2D eigenvalue weighted by Gasteiger charge is 2.01. The molecule has 0 atom stereocenters. The number of halogens is 2. The molecule has 0 amide bonds. The Kier molecular flexibility index (Phi) is 6.43. The summed E-state index contributed by atoms with van der Waals surface area (Å²) in [6, 6.07) is 3.89. The van der Waals surface area contributed by atoms with Crippen LogP contribution in [0.1, 0.15) is 5.01 Å². The van der Waals surface area contributed by atoms with Crippen LogP contribution in [0.4, 0.5) is 0 Å². The fraction of sp³-hybridized carbons (Fsp3) is 0.111. The molecule has 0 spiro atoms. The third-order valence-corrected chi connectivity index (χ3v) is 2.55. The third-order valence-electron chi connectivity index (χ3n) is 1.68. The first-order chi connectivity index (χ1) is 6.40. The molecule has 0 saturated carbocycles. The Morgan fingerprint density at radius 2 is 2.13 bits per heavy atom. The minimum absolute atomic E-state index is 0. The Hall–Kier alpha value is -0.680. The van der Waals surface area contributed by atoms with Gasteiger partial charge in [-0.15, -0.1) is 36.2 Å². The molecule has 2 heterocycles. The van der Waals surface area contributed by atoms with Gasteiger partial charge in [0.15, 0.2) is 0 Å². The van der Waals surface area contributed by atoms with Crippen molar-refractivity contribution in [1.82, 2.24) is 9.97 Å². The zero-order valence-electron chi connectivity index (χ0n) is 7.79. The molecule has 0 aliphatic rings. The molecule has 82 valence electrons. The molecule has 0 bridgehead atoms. The topological polar surface area (TPSA) is 51.8 Å². The minimum Gasteiger partial charge on any atom is -0.325 e. The van der Waals surface area contributed by atoms with Crippen molar-refractivity contribution in [3.8, 4) is 11.3 Å². The van der Waals surface area contributed by atoms with Crippen molar-refractivity contribution in [2.45, 2.75) is 6.54 Å². The Bertz CT molecular complexity index is 391. The van der Waals surface area contributed by atoms with Crippen molar-refractivity contribution in [2.75, 3.05) is 0 Å². The van der Waals surface area contributed by atoms with Crippen LogP contribution in [-0.2, 0) is 6.54 Å². The van der Waals surface area contributed by atoms with E-state index in [0.29, 0.717) is 6.54 Å². The summed E-state index contributed by atoms with van der Waals surface area (Å²) in [5.41, 5.74) is 7.47. The zero-order chi connectivity index (χ0) is 9.10. The maximum Gasteiger partial charge on any atom is 0.107 e.